The van der Waals surface area contributed by atoms with E-state index in [-0.39, 0.29) is 0 Å². The Hall–Kier alpha value is -1.06. The molecule has 0 bridgehead atoms. The standard InChI is InChI=1S/C14H22N2O/c1-15-11-14(17)12-5-7-13(8-6-12)16-9-3-2-4-10-16/h5-8,14-15,17H,2-4,9-11H2,1H3. The Morgan fingerprint density at radius 1 is 1.18 bits per heavy atom. The molecule has 94 valence electrons. The fourth-order valence-corrected chi connectivity index (χ4v) is 2.37. The molecule has 1 saturated heterocycles. The largest absolute Gasteiger partial charge is 0.387 e. The fraction of sp³-hybridized carbons (Fsp3) is 0.571. The van der Waals surface area contributed by atoms with Gasteiger partial charge in [0.2, 0.25) is 0 Å². The highest BCUT2D eigenvalue weighted by atomic mass is 16.3. The van der Waals surface area contributed by atoms with Crippen LogP contribution in [0.25, 0.3) is 0 Å². The quantitative estimate of drug-likeness (QED) is 0.835. The van der Waals surface area contributed by atoms with Crippen molar-refractivity contribution in [2.75, 3.05) is 31.6 Å². The topological polar surface area (TPSA) is 35.5 Å². The molecule has 0 aromatic heterocycles. The molecule has 2 N–H and O–H groups in total. The zero-order chi connectivity index (χ0) is 12.1. The smallest absolute Gasteiger partial charge is 0.0914 e. The van der Waals surface area contributed by atoms with Gasteiger partial charge in [-0.25, -0.2) is 0 Å². The molecular formula is C14H22N2O. The van der Waals surface area contributed by atoms with Crippen LogP contribution in [0.15, 0.2) is 24.3 Å². The van der Waals surface area contributed by atoms with Crippen molar-refractivity contribution in [2.24, 2.45) is 0 Å². The zero-order valence-electron chi connectivity index (χ0n) is 10.5. The van der Waals surface area contributed by atoms with Crippen LogP contribution in [0.4, 0.5) is 5.69 Å². The van der Waals surface area contributed by atoms with Crippen LogP contribution in [0, 0.1) is 0 Å². The van der Waals surface area contributed by atoms with Gasteiger partial charge in [0, 0.05) is 25.3 Å². The van der Waals surface area contributed by atoms with Gasteiger partial charge in [-0.15, -0.1) is 0 Å². The Labute approximate surface area is 103 Å². The van der Waals surface area contributed by atoms with E-state index >= 15 is 0 Å². The van der Waals surface area contributed by atoms with Gasteiger partial charge in [-0.3, -0.25) is 0 Å². The van der Waals surface area contributed by atoms with Crippen LogP contribution in [-0.2, 0) is 0 Å². The molecule has 1 fully saturated rings. The number of aliphatic hydroxyl groups is 1. The van der Waals surface area contributed by atoms with Crippen molar-refractivity contribution >= 4 is 5.69 Å². The van der Waals surface area contributed by atoms with E-state index in [2.05, 4.69) is 22.3 Å². The van der Waals surface area contributed by atoms with Gasteiger partial charge >= 0.3 is 0 Å². The average Bonchev–Trinajstić information content (AvgIpc) is 2.40. The third-order valence-electron chi connectivity index (χ3n) is 3.40. The Morgan fingerprint density at radius 2 is 1.82 bits per heavy atom. The molecule has 3 nitrogen and oxygen atoms in total. The minimum absolute atomic E-state index is 0.407. The first-order valence-corrected chi connectivity index (χ1v) is 6.49. The predicted molar refractivity (Wildman–Crippen MR) is 71.4 cm³/mol. The lowest BCUT2D eigenvalue weighted by atomic mass is 10.1. The molecule has 0 aliphatic carbocycles. The van der Waals surface area contributed by atoms with E-state index in [0.29, 0.717) is 6.54 Å². The highest BCUT2D eigenvalue weighted by molar-refractivity contribution is 5.48. The molecule has 1 aromatic rings. The molecule has 0 radical (unpaired) electrons. The number of nitrogens with one attached hydrogen (secondary N) is 1. The molecule has 1 atom stereocenters. The number of nitrogens with zero attached hydrogens (tertiary/aromatic N) is 1. The van der Waals surface area contributed by atoms with Crippen LogP contribution in [-0.4, -0.2) is 31.8 Å². The van der Waals surface area contributed by atoms with Crippen molar-refractivity contribution in [3.8, 4) is 0 Å². The first-order valence-electron chi connectivity index (χ1n) is 6.49. The molecule has 0 saturated carbocycles. The van der Waals surface area contributed by atoms with E-state index in [1.54, 1.807) is 0 Å². The van der Waals surface area contributed by atoms with Gasteiger partial charge < -0.3 is 15.3 Å². The number of hydrogen-bond acceptors (Lipinski definition) is 3. The van der Waals surface area contributed by atoms with Gasteiger partial charge in [-0.1, -0.05) is 12.1 Å². The fourth-order valence-electron chi connectivity index (χ4n) is 2.37. The number of rotatable bonds is 4. The maximum absolute atomic E-state index is 9.85. The van der Waals surface area contributed by atoms with E-state index in [4.69, 9.17) is 0 Å². The molecule has 17 heavy (non-hydrogen) atoms. The maximum Gasteiger partial charge on any atom is 0.0914 e. The van der Waals surface area contributed by atoms with Gasteiger partial charge in [0.15, 0.2) is 0 Å². The minimum Gasteiger partial charge on any atom is -0.387 e. The second-order valence-corrected chi connectivity index (χ2v) is 4.71. The van der Waals surface area contributed by atoms with E-state index in [9.17, 15) is 5.11 Å². The van der Waals surface area contributed by atoms with Crippen LogP contribution in [0.1, 0.15) is 30.9 Å². The normalized spacial score (nSPS) is 18.1. The van der Waals surface area contributed by atoms with Crippen LogP contribution in [0.5, 0.6) is 0 Å². The van der Waals surface area contributed by atoms with E-state index in [1.807, 2.05) is 19.2 Å². The molecule has 1 unspecified atom stereocenters. The van der Waals surface area contributed by atoms with Crippen LogP contribution < -0.4 is 10.2 Å². The Balaban J connectivity index is 2.01. The Kier molecular flexibility index (Phi) is 4.40. The number of benzene rings is 1. The maximum atomic E-state index is 9.85. The second kappa shape index (κ2) is 6.03. The van der Waals surface area contributed by atoms with E-state index in [0.717, 1.165) is 5.56 Å². The summed E-state index contributed by atoms with van der Waals surface area (Å²) < 4.78 is 0. The lowest BCUT2D eigenvalue weighted by Crippen LogP contribution is -2.29. The number of piperidine rings is 1. The van der Waals surface area contributed by atoms with Crippen molar-refractivity contribution in [3.63, 3.8) is 0 Å². The van der Waals surface area contributed by atoms with Crippen molar-refractivity contribution in [2.45, 2.75) is 25.4 Å². The summed E-state index contributed by atoms with van der Waals surface area (Å²) in [6.07, 6.45) is 3.54. The molecule has 1 heterocycles. The average molecular weight is 234 g/mol. The van der Waals surface area contributed by atoms with Crippen molar-refractivity contribution < 1.29 is 5.11 Å². The summed E-state index contributed by atoms with van der Waals surface area (Å²) in [6.45, 7) is 2.93. The predicted octanol–water partition coefficient (Wildman–Crippen LogP) is 1.93. The lowest BCUT2D eigenvalue weighted by molar-refractivity contribution is 0.178. The molecule has 0 spiro atoms. The minimum atomic E-state index is -0.407. The summed E-state index contributed by atoms with van der Waals surface area (Å²) in [6, 6.07) is 8.32. The summed E-state index contributed by atoms with van der Waals surface area (Å²) in [7, 11) is 1.85. The number of hydrogen-bond donors (Lipinski definition) is 2. The first kappa shape index (κ1) is 12.4. The number of likely N-dealkylation sites (N-methyl/N-ethyl adjacent to an activating group) is 1. The van der Waals surface area contributed by atoms with Gasteiger partial charge in [0.05, 0.1) is 6.10 Å². The monoisotopic (exact) mass is 234 g/mol. The van der Waals surface area contributed by atoms with Crippen LogP contribution >= 0.6 is 0 Å². The first-order chi connectivity index (χ1) is 8.31. The van der Waals surface area contributed by atoms with E-state index < -0.39 is 6.10 Å². The zero-order valence-corrected chi connectivity index (χ0v) is 10.5. The SMILES string of the molecule is CNCC(O)c1ccc(N2CCCCC2)cc1. The summed E-state index contributed by atoms with van der Waals surface area (Å²) in [4.78, 5) is 2.43. The van der Waals surface area contributed by atoms with Crippen molar-refractivity contribution in [3.05, 3.63) is 29.8 Å². The Bertz CT molecular complexity index is 331. The van der Waals surface area contributed by atoms with Gasteiger partial charge in [0.1, 0.15) is 0 Å². The third-order valence-corrected chi connectivity index (χ3v) is 3.40. The van der Waals surface area contributed by atoms with Crippen LogP contribution in [0.2, 0.25) is 0 Å². The number of aliphatic hydroxyl groups excluding tert-OH is 1. The highest BCUT2D eigenvalue weighted by Gasteiger charge is 2.11. The van der Waals surface area contributed by atoms with Crippen LogP contribution in [0.3, 0.4) is 0 Å². The molecule has 1 aliphatic rings. The van der Waals surface area contributed by atoms with Gasteiger partial charge in [-0.2, -0.15) is 0 Å². The molecule has 0 amide bonds. The Morgan fingerprint density at radius 3 is 2.41 bits per heavy atom. The molecular weight excluding hydrogens is 212 g/mol. The molecule has 3 heteroatoms. The lowest BCUT2D eigenvalue weighted by Gasteiger charge is -2.29. The summed E-state index contributed by atoms with van der Waals surface area (Å²) in [5.74, 6) is 0. The molecule has 2 rings (SSSR count). The molecule has 1 aromatic carbocycles. The van der Waals surface area contributed by atoms with Crippen molar-refractivity contribution in [1.82, 2.24) is 5.32 Å². The number of anilines is 1. The third kappa shape index (κ3) is 3.20. The van der Waals surface area contributed by atoms with Crippen molar-refractivity contribution in [1.29, 1.82) is 0 Å². The van der Waals surface area contributed by atoms with Gasteiger partial charge in [0.25, 0.3) is 0 Å². The summed E-state index contributed by atoms with van der Waals surface area (Å²) in [5.41, 5.74) is 2.27. The highest BCUT2D eigenvalue weighted by Crippen LogP contribution is 2.22. The van der Waals surface area contributed by atoms with Gasteiger partial charge in [-0.05, 0) is 44.0 Å². The summed E-state index contributed by atoms with van der Waals surface area (Å²) in [5, 5.41) is 12.8. The molecule has 1 aliphatic heterocycles. The summed E-state index contributed by atoms with van der Waals surface area (Å²) >= 11 is 0. The van der Waals surface area contributed by atoms with E-state index in [1.165, 1.54) is 38.0 Å². The second-order valence-electron chi connectivity index (χ2n) is 4.71.